The largest absolute Gasteiger partial charge is 0.363 e. The van der Waals surface area contributed by atoms with Crippen molar-refractivity contribution < 1.29 is 0 Å². The maximum absolute atomic E-state index is 4.23. The first kappa shape index (κ1) is 10.4. The van der Waals surface area contributed by atoms with Crippen LogP contribution in [0.25, 0.3) is 5.65 Å². The van der Waals surface area contributed by atoms with Crippen LogP contribution in [0.15, 0.2) is 21.5 Å². The number of aromatic nitrogens is 7. The lowest BCUT2D eigenvalue weighted by Gasteiger charge is -1.94. The summed E-state index contributed by atoms with van der Waals surface area (Å²) in [6.07, 6.45) is 0. The first-order chi connectivity index (χ1) is 8.35. The molecule has 8 nitrogen and oxygen atoms in total. The summed E-state index contributed by atoms with van der Waals surface area (Å²) in [6.45, 7) is 0. The molecule has 0 fully saturated rings. The van der Waals surface area contributed by atoms with Crippen LogP contribution in [0.1, 0.15) is 0 Å². The Balaban J connectivity index is 1.88. The molecule has 0 aromatic carbocycles. The minimum absolute atomic E-state index is 0.613. The molecule has 0 unspecified atom stereocenters. The van der Waals surface area contributed by atoms with E-state index in [1.807, 2.05) is 6.07 Å². The standard InChI is InChI=1S/C7H6N8S2/c1-8-6-10-11-7(17-6)16-5-3-2-4-9-13-14-15(4)12-5/h2-3H,1H3,(H,8,10). The predicted octanol–water partition coefficient (Wildman–Crippen LogP) is 0.564. The summed E-state index contributed by atoms with van der Waals surface area (Å²) in [5, 5.41) is 27.7. The van der Waals surface area contributed by atoms with Gasteiger partial charge in [-0.2, -0.15) is 0 Å². The Morgan fingerprint density at radius 1 is 1.29 bits per heavy atom. The molecule has 10 heteroatoms. The number of rotatable bonds is 3. The van der Waals surface area contributed by atoms with Crippen molar-refractivity contribution >= 4 is 33.9 Å². The van der Waals surface area contributed by atoms with E-state index in [1.165, 1.54) is 27.7 Å². The molecular weight excluding hydrogens is 260 g/mol. The Morgan fingerprint density at radius 3 is 3.06 bits per heavy atom. The van der Waals surface area contributed by atoms with Crippen molar-refractivity contribution in [3.8, 4) is 0 Å². The van der Waals surface area contributed by atoms with Crippen LogP contribution >= 0.6 is 23.1 Å². The van der Waals surface area contributed by atoms with E-state index in [1.54, 1.807) is 13.1 Å². The molecule has 0 radical (unpaired) electrons. The second kappa shape index (κ2) is 4.22. The predicted molar refractivity (Wildman–Crippen MR) is 62.2 cm³/mol. The Morgan fingerprint density at radius 2 is 2.24 bits per heavy atom. The molecule has 17 heavy (non-hydrogen) atoms. The zero-order valence-electron chi connectivity index (χ0n) is 8.60. The fourth-order valence-corrected chi connectivity index (χ4v) is 2.73. The van der Waals surface area contributed by atoms with Gasteiger partial charge in [0.05, 0.1) is 0 Å². The summed E-state index contributed by atoms with van der Waals surface area (Å²) < 4.78 is 2.19. The van der Waals surface area contributed by atoms with Gasteiger partial charge in [-0.25, -0.2) is 0 Å². The molecule has 0 aliphatic rings. The van der Waals surface area contributed by atoms with Gasteiger partial charge in [0, 0.05) is 7.05 Å². The van der Waals surface area contributed by atoms with Crippen molar-refractivity contribution in [1.82, 2.24) is 35.5 Å². The number of tetrazole rings is 1. The van der Waals surface area contributed by atoms with Crippen LogP contribution in [0.5, 0.6) is 0 Å². The van der Waals surface area contributed by atoms with Crippen LogP contribution in [0.2, 0.25) is 0 Å². The molecule has 3 aromatic rings. The normalized spacial score (nSPS) is 10.9. The minimum Gasteiger partial charge on any atom is -0.363 e. The lowest BCUT2D eigenvalue weighted by molar-refractivity contribution is 0.702. The fraction of sp³-hybridized carbons (Fsp3) is 0.143. The van der Waals surface area contributed by atoms with Crippen molar-refractivity contribution in [1.29, 1.82) is 0 Å². The van der Waals surface area contributed by atoms with E-state index < -0.39 is 0 Å². The third-order valence-corrected chi connectivity index (χ3v) is 3.78. The van der Waals surface area contributed by atoms with Gasteiger partial charge in [-0.1, -0.05) is 11.3 Å². The highest BCUT2D eigenvalue weighted by Gasteiger charge is 2.07. The van der Waals surface area contributed by atoms with Crippen LogP contribution in [-0.4, -0.2) is 42.5 Å². The zero-order chi connectivity index (χ0) is 11.7. The van der Waals surface area contributed by atoms with Gasteiger partial charge in [0.25, 0.3) is 0 Å². The fourth-order valence-electron chi connectivity index (χ4n) is 1.13. The van der Waals surface area contributed by atoms with Crippen molar-refractivity contribution in [2.24, 2.45) is 0 Å². The minimum atomic E-state index is 0.613. The number of nitrogens with zero attached hydrogens (tertiary/aromatic N) is 7. The second-order valence-electron chi connectivity index (χ2n) is 2.92. The van der Waals surface area contributed by atoms with E-state index in [0.29, 0.717) is 5.65 Å². The maximum atomic E-state index is 4.23. The first-order valence-corrected chi connectivity index (χ1v) is 6.23. The summed E-state index contributed by atoms with van der Waals surface area (Å²) in [6, 6.07) is 3.64. The first-order valence-electron chi connectivity index (χ1n) is 4.60. The highest BCUT2D eigenvalue weighted by molar-refractivity contribution is 8.01. The van der Waals surface area contributed by atoms with Gasteiger partial charge in [-0.15, -0.1) is 25.0 Å². The average Bonchev–Trinajstić information content (AvgIpc) is 2.96. The highest BCUT2D eigenvalue weighted by atomic mass is 32.2. The average molecular weight is 266 g/mol. The number of nitrogens with one attached hydrogen (secondary N) is 1. The van der Waals surface area contributed by atoms with E-state index in [2.05, 4.69) is 36.1 Å². The molecule has 0 saturated carbocycles. The van der Waals surface area contributed by atoms with Crippen LogP contribution in [-0.2, 0) is 0 Å². The molecule has 0 saturated heterocycles. The maximum Gasteiger partial charge on any atom is 0.206 e. The third-order valence-electron chi connectivity index (χ3n) is 1.86. The van der Waals surface area contributed by atoms with E-state index in [-0.39, 0.29) is 0 Å². The van der Waals surface area contributed by atoms with Crippen molar-refractivity contribution in [3.63, 3.8) is 0 Å². The molecule has 0 aliphatic carbocycles. The van der Waals surface area contributed by atoms with Crippen LogP contribution in [0, 0.1) is 0 Å². The summed E-state index contributed by atoms with van der Waals surface area (Å²) in [5.74, 6) is 0. The molecule has 3 rings (SSSR count). The second-order valence-corrected chi connectivity index (χ2v) is 5.17. The Hall–Kier alpha value is -1.81. The Bertz CT molecular complexity index is 646. The lowest BCUT2D eigenvalue weighted by Crippen LogP contribution is -1.94. The number of anilines is 1. The molecule has 3 heterocycles. The van der Waals surface area contributed by atoms with Crippen LogP contribution in [0.3, 0.4) is 0 Å². The summed E-state index contributed by atoms with van der Waals surface area (Å²) in [7, 11) is 1.81. The number of hydrogen-bond acceptors (Lipinski definition) is 9. The number of fused-ring (bicyclic) bond motifs is 1. The van der Waals surface area contributed by atoms with Gasteiger partial charge in [0.15, 0.2) is 9.99 Å². The molecule has 0 atom stereocenters. The third kappa shape index (κ3) is 2.03. The summed E-state index contributed by atoms with van der Waals surface area (Å²) in [4.78, 5) is 0. The summed E-state index contributed by atoms with van der Waals surface area (Å²) in [5.41, 5.74) is 0.613. The quantitative estimate of drug-likeness (QED) is 0.735. The lowest BCUT2D eigenvalue weighted by atomic mass is 10.6. The van der Waals surface area contributed by atoms with E-state index >= 15 is 0 Å². The monoisotopic (exact) mass is 266 g/mol. The van der Waals surface area contributed by atoms with Crippen LogP contribution in [0.4, 0.5) is 5.13 Å². The van der Waals surface area contributed by atoms with Crippen LogP contribution < -0.4 is 5.32 Å². The van der Waals surface area contributed by atoms with Gasteiger partial charge < -0.3 is 5.32 Å². The molecule has 3 aromatic heterocycles. The molecule has 0 aliphatic heterocycles. The highest BCUT2D eigenvalue weighted by Crippen LogP contribution is 2.30. The summed E-state index contributed by atoms with van der Waals surface area (Å²) >= 11 is 2.88. The number of hydrogen-bond donors (Lipinski definition) is 1. The van der Waals surface area contributed by atoms with Crippen molar-refractivity contribution in [2.45, 2.75) is 9.37 Å². The van der Waals surface area contributed by atoms with E-state index in [0.717, 1.165) is 14.5 Å². The SMILES string of the molecule is CNc1nnc(Sc2ccc3nnnn3n2)s1. The molecule has 1 N–H and O–H groups in total. The van der Waals surface area contributed by atoms with Gasteiger partial charge in [0.2, 0.25) is 5.13 Å². The van der Waals surface area contributed by atoms with Crippen molar-refractivity contribution in [3.05, 3.63) is 12.1 Å². The van der Waals surface area contributed by atoms with E-state index in [9.17, 15) is 0 Å². The molecule has 0 spiro atoms. The van der Waals surface area contributed by atoms with Gasteiger partial charge in [-0.3, -0.25) is 0 Å². The Labute approximate surface area is 103 Å². The van der Waals surface area contributed by atoms with Gasteiger partial charge >= 0.3 is 0 Å². The van der Waals surface area contributed by atoms with Gasteiger partial charge in [-0.05, 0) is 34.3 Å². The Kier molecular flexibility index (Phi) is 2.57. The zero-order valence-corrected chi connectivity index (χ0v) is 10.2. The molecule has 0 amide bonds. The van der Waals surface area contributed by atoms with Crippen molar-refractivity contribution in [2.75, 3.05) is 12.4 Å². The smallest absolute Gasteiger partial charge is 0.206 e. The topological polar surface area (TPSA) is 93.8 Å². The van der Waals surface area contributed by atoms with Gasteiger partial charge in [0.1, 0.15) is 5.03 Å². The molecular formula is C7H6N8S2. The molecule has 0 bridgehead atoms. The van der Waals surface area contributed by atoms with E-state index in [4.69, 9.17) is 0 Å². The molecule has 86 valence electrons.